The molecule has 200 valence electrons. The van der Waals surface area contributed by atoms with Crippen molar-refractivity contribution in [2.24, 2.45) is 22.7 Å². The number of allylic oxidation sites excluding steroid dienone is 1. The highest BCUT2D eigenvalue weighted by atomic mass is 16.5. The zero-order valence-corrected chi connectivity index (χ0v) is 22.6. The van der Waals surface area contributed by atoms with Crippen molar-refractivity contribution in [1.82, 2.24) is 4.90 Å². The third kappa shape index (κ3) is 4.13. The highest BCUT2D eigenvalue weighted by Gasteiger charge is 2.66. The predicted molar refractivity (Wildman–Crippen MR) is 141 cm³/mol. The Kier molecular flexibility index (Phi) is 6.90. The zero-order chi connectivity index (χ0) is 24.8. The van der Waals surface area contributed by atoms with Gasteiger partial charge in [-0.25, -0.2) is 0 Å². The summed E-state index contributed by atoms with van der Waals surface area (Å²) in [7, 11) is 0. The number of rotatable bonds is 8. The Balaban J connectivity index is 1.06. The van der Waals surface area contributed by atoms with Crippen molar-refractivity contribution in [2.75, 3.05) is 39.5 Å². The van der Waals surface area contributed by atoms with Crippen LogP contribution >= 0.6 is 0 Å². The standard InChI is InChI=1S/C31H47NO4/c1-29-11-7-25(36-20-19-34-18-16-32-14-3-4-15-32)21-24(29)5-6-28-27(29)8-12-30(2)26(9-13-31(28,30)33)23-10-17-35-22-23/h5,10,17,22,25-28,33H,3-4,6-9,11-16,18-21H2,1-2H3/t25?,26?,27-,28-,29+,30-,31-/m1/s1. The van der Waals surface area contributed by atoms with Gasteiger partial charge in [-0.15, -0.1) is 0 Å². The molecule has 0 aromatic carbocycles. The van der Waals surface area contributed by atoms with Crippen molar-refractivity contribution in [3.8, 4) is 0 Å². The van der Waals surface area contributed by atoms with Gasteiger partial charge in [-0.1, -0.05) is 25.5 Å². The Bertz CT molecular complexity index is 923. The summed E-state index contributed by atoms with van der Waals surface area (Å²) in [5.74, 6) is 1.35. The van der Waals surface area contributed by atoms with E-state index in [0.717, 1.165) is 51.7 Å². The van der Waals surface area contributed by atoms with Gasteiger partial charge in [0, 0.05) is 12.0 Å². The minimum Gasteiger partial charge on any atom is -0.472 e. The van der Waals surface area contributed by atoms with Crippen LogP contribution in [0.3, 0.4) is 0 Å². The Morgan fingerprint density at radius 3 is 2.69 bits per heavy atom. The molecule has 0 spiro atoms. The second-order valence-corrected chi connectivity index (χ2v) is 13.0. The lowest BCUT2D eigenvalue weighted by atomic mass is 9.45. The average molecular weight is 498 g/mol. The molecule has 0 bridgehead atoms. The fourth-order valence-corrected chi connectivity index (χ4v) is 9.32. The van der Waals surface area contributed by atoms with Gasteiger partial charge in [0.25, 0.3) is 0 Å². The van der Waals surface area contributed by atoms with E-state index in [0.29, 0.717) is 37.1 Å². The van der Waals surface area contributed by atoms with Crippen LogP contribution in [0.15, 0.2) is 34.7 Å². The van der Waals surface area contributed by atoms with Gasteiger partial charge in [0.2, 0.25) is 0 Å². The molecular weight excluding hydrogens is 450 g/mol. The van der Waals surface area contributed by atoms with Crippen molar-refractivity contribution in [3.05, 3.63) is 35.8 Å². The number of ether oxygens (including phenoxy) is 2. The van der Waals surface area contributed by atoms with Crippen molar-refractivity contribution in [2.45, 2.75) is 95.7 Å². The molecule has 1 aromatic heterocycles. The Labute approximate surface area is 217 Å². The highest BCUT2D eigenvalue weighted by Crippen LogP contribution is 2.69. The van der Waals surface area contributed by atoms with Crippen LogP contribution < -0.4 is 0 Å². The molecule has 1 N–H and O–H groups in total. The van der Waals surface area contributed by atoms with Crippen LogP contribution in [0.5, 0.6) is 0 Å². The van der Waals surface area contributed by atoms with E-state index in [2.05, 4.69) is 30.9 Å². The van der Waals surface area contributed by atoms with E-state index in [-0.39, 0.29) is 10.8 Å². The molecule has 5 nitrogen and oxygen atoms in total. The van der Waals surface area contributed by atoms with Crippen LogP contribution in [-0.2, 0) is 9.47 Å². The first kappa shape index (κ1) is 25.2. The summed E-state index contributed by atoms with van der Waals surface area (Å²) in [4.78, 5) is 2.50. The van der Waals surface area contributed by atoms with Crippen molar-refractivity contribution in [3.63, 3.8) is 0 Å². The molecule has 4 fully saturated rings. The summed E-state index contributed by atoms with van der Waals surface area (Å²) in [6.45, 7) is 10.6. The summed E-state index contributed by atoms with van der Waals surface area (Å²) in [5.41, 5.74) is 2.45. The van der Waals surface area contributed by atoms with Gasteiger partial charge in [-0.3, -0.25) is 0 Å². The van der Waals surface area contributed by atoms with Gasteiger partial charge in [-0.2, -0.15) is 0 Å². The SMILES string of the molecule is C[C@]12CCC(OCCOCCN3CCCC3)CC1=CC[C@@H]1[C@H]2CC[C@]2(C)C(c3ccoc3)CC[C@@]12O. The maximum atomic E-state index is 12.3. The lowest BCUT2D eigenvalue weighted by Gasteiger charge is -2.61. The predicted octanol–water partition coefficient (Wildman–Crippen LogP) is 5.94. The first-order valence-electron chi connectivity index (χ1n) is 14.8. The van der Waals surface area contributed by atoms with E-state index in [1.54, 1.807) is 11.8 Å². The minimum absolute atomic E-state index is 0.0607. The molecule has 4 aliphatic carbocycles. The molecule has 6 rings (SSSR count). The number of hydrogen-bond donors (Lipinski definition) is 1. The van der Waals surface area contributed by atoms with E-state index < -0.39 is 5.60 Å². The minimum atomic E-state index is -0.581. The summed E-state index contributed by atoms with van der Waals surface area (Å²) in [6, 6.07) is 2.12. The summed E-state index contributed by atoms with van der Waals surface area (Å²) < 4.78 is 17.6. The van der Waals surface area contributed by atoms with E-state index in [1.165, 1.54) is 44.3 Å². The topological polar surface area (TPSA) is 55.1 Å². The summed E-state index contributed by atoms with van der Waals surface area (Å²) in [6.07, 6.45) is 17.9. The van der Waals surface area contributed by atoms with Crippen LogP contribution in [0, 0.1) is 22.7 Å². The first-order valence-corrected chi connectivity index (χ1v) is 14.8. The average Bonchev–Trinajstić information content (AvgIpc) is 3.62. The second kappa shape index (κ2) is 9.87. The second-order valence-electron chi connectivity index (χ2n) is 13.0. The molecule has 3 saturated carbocycles. The molecule has 1 aliphatic heterocycles. The van der Waals surface area contributed by atoms with Crippen LogP contribution in [0.1, 0.15) is 89.5 Å². The van der Waals surface area contributed by atoms with Crippen LogP contribution in [0.4, 0.5) is 0 Å². The van der Waals surface area contributed by atoms with Crippen molar-refractivity contribution < 1.29 is 19.0 Å². The van der Waals surface area contributed by atoms with Crippen molar-refractivity contribution >= 4 is 0 Å². The third-order valence-corrected chi connectivity index (χ3v) is 11.5. The first-order chi connectivity index (χ1) is 17.4. The molecule has 5 heteroatoms. The van der Waals surface area contributed by atoms with Gasteiger partial charge in [0.05, 0.1) is 44.1 Å². The maximum absolute atomic E-state index is 12.3. The molecule has 36 heavy (non-hydrogen) atoms. The number of nitrogens with zero attached hydrogens (tertiary/aromatic N) is 1. The molecule has 2 heterocycles. The molecule has 0 radical (unpaired) electrons. The van der Waals surface area contributed by atoms with Gasteiger partial charge in [-0.05, 0) is 112 Å². The van der Waals surface area contributed by atoms with E-state index in [1.807, 2.05) is 6.26 Å². The smallest absolute Gasteiger partial charge is 0.0937 e. The van der Waals surface area contributed by atoms with Crippen LogP contribution in [0.25, 0.3) is 0 Å². The number of aliphatic hydroxyl groups is 1. The number of fused-ring (bicyclic) bond motifs is 5. The molecular formula is C31H47NO4. The summed E-state index contributed by atoms with van der Waals surface area (Å²) >= 11 is 0. The summed E-state index contributed by atoms with van der Waals surface area (Å²) in [5, 5.41) is 12.3. The normalized spacial score (nSPS) is 42.6. The van der Waals surface area contributed by atoms with Crippen LogP contribution in [0.2, 0.25) is 0 Å². The Morgan fingerprint density at radius 1 is 1.03 bits per heavy atom. The van der Waals surface area contributed by atoms with Gasteiger partial charge in [0.15, 0.2) is 0 Å². The molecule has 1 saturated heterocycles. The highest BCUT2D eigenvalue weighted by molar-refractivity contribution is 5.31. The van der Waals surface area contributed by atoms with E-state index >= 15 is 0 Å². The van der Waals surface area contributed by atoms with E-state index in [9.17, 15) is 5.11 Å². The molecule has 0 amide bonds. The number of hydrogen-bond acceptors (Lipinski definition) is 5. The van der Waals surface area contributed by atoms with Gasteiger partial charge < -0.3 is 23.9 Å². The quantitative estimate of drug-likeness (QED) is 0.356. The largest absolute Gasteiger partial charge is 0.472 e. The zero-order valence-electron chi connectivity index (χ0n) is 22.6. The fraction of sp³-hybridized carbons (Fsp3) is 0.806. The van der Waals surface area contributed by atoms with Crippen molar-refractivity contribution in [1.29, 1.82) is 0 Å². The number of likely N-dealkylation sites (tertiary alicyclic amines) is 1. The van der Waals surface area contributed by atoms with Gasteiger partial charge >= 0.3 is 0 Å². The Hall–Kier alpha value is -1.14. The van der Waals surface area contributed by atoms with Crippen LogP contribution in [-0.4, -0.2) is 61.2 Å². The molecule has 1 aromatic rings. The lowest BCUT2D eigenvalue weighted by Crippen LogP contribution is -2.60. The molecule has 2 unspecified atom stereocenters. The van der Waals surface area contributed by atoms with Gasteiger partial charge in [0.1, 0.15) is 0 Å². The Morgan fingerprint density at radius 2 is 1.89 bits per heavy atom. The monoisotopic (exact) mass is 497 g/mol. The fourth-order valence-electron chi connectivity index (χ4n) is 9.32. The number of furan rings is 1. The lowest BCUT2D eigenvalue weighted by molar-refractivity contribution is -0.173. The molecule has 5 aliphatic rings. The molecule has 7 atom stereocenters. The maximum Gasteiger partial charge on any atom is 0.0937 e. The van der Waals surface area contributed by atoms with E-state index in [4.69, 9.17) is 13.9 Å². The third-order valence-electron chi connectivity index (χ3n) is 11.5.